The van der Waals surface area contributed by atoms with Crippen LogP contribution in [0.1, 0.15) is 17.0 Å². The summed E-state index contributed by atoms with van der Waals surface area (Å²) >= 11 is 12.0. The summed E-state index contributed by atoms with van der Waals surface area (Å²) in [6.07, 6.45) is 0. The van der Waals surface area contributed by atoms with Crippen molar-refractivity contribution in [3.05, 3.63) is 63.4 Å². The number of nitrogen functional groups attached to an aromatic ring is 1. The highest BCUT2D eigenvalue weighted by atomic mass is 35.5. The molecule has 0 fully saturated rings. The van der Waals surface area contributed by atoms with Gasteiger partial charge in [0.25, 0.3) is 0 Å². The van der Waals surface area contributed by atoms with E-state index in [0.29, 0.717) is 26.9 Å². The molecule has 0 spiro atoms. The number of hydrogen-bond acceptors (Lipinski definition) is 2. The van der Waals surface area contributed by atoms with E-state index >= 15 is 0 Å². The number of nitrogens with zero attached hydrogens (tertiary/aromatic N) is 1. The Hall–Kier alpha value is -1.76. The number of benzene rings is 2. The number of nitrogens with two attached hydrogens (primary N) is 1. The van der Waals surface area contributed by atoms with E-state index in [1.54, 1.807) is 18.2 Å². The lowest BCUT2D eigenvalue weighted by molar-refractivity contribution is 0.627. The van der Waals surface area contributed by atoms with Crippen molar-refractivity contribution in [2.24, 2.45) is 0 Å². The minimum atomic E-state index is -0.619. The smallest absolute Gasteiger partial charge is 0.123 e. The van der Waals surface area contributed by atoms with Crippen LogP contribution in [0.25, 0.3) is 0 Å². The summed E-state index contributed by atoms with van der Waals surface area (Å²) in [6, 6.07) is 10.9. The highest BCUT2D eigenvalue weighted by Crippen LogP contribution is 2.34. The van der Waals surface area contributed by atoms with Crippen molar-refractivity contribution in [3.8, 4) is 6.07 Å². The summed E-state index contributed by atoms with van der Waals surface area (Å²) in [4.78, 5) is 0. The molecule has 0 bridgehead atoms. The first-order chi connectivity index (χ1) is 9.02. The summed E-state index contributed by atoms with van der Waals surface area (Å²) in [7, 11) is 0. The van der Waals surface area contributed by atoms with Crippen LogP contribution in [-0.4, -0.2) is 0 Å². The van der Waals surface area contributed by atoms with E-state index in [-0.39, 0.29) is 5.82 Å². The zero-order chi connectivity index (χ0) is 14.0. The molecule has 2 N–H and O–H groups in total. The van der Waals surface area contributed by atoms with Gasteiger partial charge in [-0.25, -0.2) is 4.39 Å². The number of nitriles is 1. The van der Waals surface area contributed by atoms with Crippen LogP contribution in [0.4, 0.5) is 10.1 Å². The van der Waals surface area contributed by atoms with Crippen molar-refractivity contribution in [2.75, 3.05) is 5.73 Å². The monoisotopic (exact) mass is 294 g/mol. The van der Waals surface area contributed by atoms with Gasteiger partial charge in [-0.05, 0) is 35.4 Å². The van der Waals surface area contributed by atoms with Gasteiger partial charge in [0.2, 0.25) is 0 Å². The molecule has 2 nitrogen and oxygen atoms in total. The van der Waals surface area contributed by atoms with Crippen LogP contribution in [0.3, 0.4) is 0 Å². The first-order valence-electron chi connectivity index (χ1n) is 5.42. The van der Waals surface area contributed by atoms with Crippen molar-refractivity contribution >= 4 is 28.9 Å². The minimum absolute atomic E-state index is 0.335. The quantitative estimate of drug-likeness (QED) is 0.836. The molecular formula is C14H9Cl2FN2. The van der Waals surface area contributed by atoms with Gasteiger partial charge >= 0.3 is 0 Å². The molecule has 0 radical (unpaired) electrons. The molecule has 0 heterocycles. The zero-order valence-corrected chi connectivity index (χ0v) is 11.2. The number of halogens is 3. The Kier molecular flexibility index (Phi) is 3.94. The molecule has 0 aliphatic heterocycles. The first-order valence-corrected chi connectivity index (χ1v) is 6.18. The van der Waals surface area contributed by atoms with Crippen LogP contribution in [0.15, 0.2) is 36.4 Å². The van der Waals surface area contributed by atoms with Gasteiger partial charge in [0.15, 0.2) is 0 Å². The predicted molar refractivity (Wildman–Crippen MR) is 74.7 cm³/mol. The third kappa shape index (κ3) is 2.81. The molecule has 0 saturated carbocycles. The molecule has 1 unspecified atom stereocenters. The largest absolute Gasteiger partial charge is 0.397 e. The van der Waals surface area contributed by atoms with Gasteiger partial charge in [-0.2, -0.15) is 5.26 Å². The molecule has 0 aromatic heterocycles. The lowest BCUT2D eigenvalue weighted by Crippen LogP contribution is -2.01. The van der Waals surface area contributed by atoms with E-state index in [1.165, 1.54) is 18.2 Å². The fourth-order valence-corrected chi connectivity index (χ4v) is 2.23. The standard InChI is InChI=1S/C14H9Cl2FN2/c15-12-6-14(19)13(16)5-10(12)11(7-18)8-1-3-9(17)4-2-8/h1-6,11H,19H2. The third-order valence-electron chi connectivity index (χ3n) is 2.76. The van der Waals surface area contributed by atoms with Gasteiger partial charge in [-0.1, -0.05) is 35.3 Å². The molecule has 1 atom stereocenters. The number of anilines is 1. The lowest BCUT2D eigenvalue weighted by Gasteiger charge is -2.13. The van der Waals surface area contributed by atoms with E-state index in [1.807, 2.05) is 0 Å². The number of rotatable bonds is 2. The second kappa shape index (κ2) is 5.48. The van der Waals surface area contributed by atoms with Crippen molar-refractivity contribution in [1.29, 1.82) is 5.26 Å². The summed E-state index contributed by atoms with van der Waals surface area (Å²) in [5.74, 6) is -0.979. The Balaban J connectivity index is 2.52. The van der Waals surface area contributed by atoms with Crippen molar-refractivity contribution in [3.63, 3.8) is 0 Å². The first kappa shape index (κ1) is 13.7. The van der Waals surface area contributed by atoms with Gasteiger partial charge in [-0.3, -0.25) is 0 Å². The number of hydrogen-bond donors (Lipinski definition) is 1. The van der Waals surface area contributed by atoms with Gasteiger partial charge in [0.05, 0.1) is 22.7 Å². The van der Waals surface area contributed by atoms with Gasteiger partial charge in [0.1, 0.15) is 5.82 Å². The van der Waals surface area contributed by atoms with Crippen molar-refractivity contribution < 1.29 is 4.39 Å². The molecular weight excluding hydrogens is 286 g/mol. The van der Waals surface area contributed by atoms with E-state index < -0.39 is 5.92 Å². The predicted octanol–water partition coefficient (Wildman–Crippen LogP) is 4.37. The van der Waals surface area contributed by atoms with Gasteiger partial charge < -0.3 is 5.73 Å². The van der Waals surface area contributed by atoms with Crippen LogP contribution < -0.4 is 5.73 Å². The Morgan fingerprint density at radius 3 is 2.32 bits per heavy atom. The molecule has 2 aromatic carbocycles. The summed E-state index contributed by atoms with van der Waals surface area (Å²) in [5.41, 5.74) is 7.19. The van der Waals surface area contributed by atoms with E-state index in [0.717, 1.165) is 0 Å². The van der Waals surface area contributed by atoms with Crippen LogP contribution in [-0.2, 0) is 0 Å². The minimum Gasteiger partial charge on any atom is -0.397 e. The lowest BCUT2D eigenvalue weighted by atomic mass is 9.92. The molecule has 19 heavy (non-hydrogen) atoms. The van der Waals surface area contributed by atoms with Crippen LogP contribution in [0.2, 0.25) is 10.0 Å². The van der Waals surface area contributed by atoms with E-state index in [9.17, 15) is 9.65 Å². The summed E-state index contributed by atoms with van der Waals surface area (Å²) < 4.78 is 12.9. The van der Waals surface area contributed by atoms with Gasteiger partial charge in [0, 0.05) is 5.02 Å². The molecule has 0 amide bonds. The second-order valence-electron chi connectivity index (χ2n) is 4.01. The molecule has 0 saturated heterocycles. The Labute approximate surface area is 120 Å². The van der Waals surface area contributed by atoms with Crippen molar-refractivity contribution in [1.82, 2.24) is 0 Å². The highest BCUT2D eigenvalue weighted by Gasteiger charge is 2.18. The highest BCUT2D eigenvalue weighted by molar-refractivity contribution is 6.35. The van der Waals surface area contributed by atoms with Crippen molar-refractivity contribution in [2.45, 2.75) is 5.92 Å². The fourth-order valence-electron chi connectivity index (χ4n) is 1.78. The van der Waals surface area contributed by atoms with Crippen LogP contribution in [0, 0.1) is 17.1 Å². The summed E-state index contributed by atoms with van der Waals surface area (Å²) in [6.45, 7) is 0. The Morgan fingerprint density at radius 2 is 1.74 bits per heavy atom. The summed E-state index contributed by atoms with van der Waals surface area (Å²) in [5, 5.41) is 10.0. The third-order valence-corrected chi connectivity index (χ3v) is 3.41. The molecule has 2 rings (SSSR count). The maximum atomic E-state index is 12.9. The molecule has 0 aliphatic rings. The SMILES string of the molecule is N#CC(c1ccc(F)cc1)c1cc(Cl)c(N)cc1Cl. The van der Waals surface area contributed by atoms with Crippen LogP contribution >= 0.6 is 23.2 Å². The average molecular weight is 295 g/mol. The molecule has 5 heteroatoms. The zero-order valence-electron chi connectivity index (χ0n) is 9.70. The van der Waals surface area contributed by atoms with E-state index in [4.69, 9.17) is 28.9 Å². The Morgan fingerprint density at radius 1 is 1.11 bits per heavy atom. The second-order valence-corrected chi connectivity index (χ2v) is 4.82. The normalized spacial score (nSPS) is 11.9. The fraction of sp³-hybridized carbons (Fsp3) is 0.0714. The topological polar surface area (TPSA) is 49.8 Å². The molecule has 0 aliphatic carbocycles. The average Bonchev–Trinajstić information content (AvgIpc) is 2.38. The van der Waals surface area contributed by atoms with Gasteiger partial charge in [-0.15, -0.1) is 0 Å². The maximum absolute atomic E-state index is 12.9. The Bertz CT molecular complexity index is 648. The maximum Gasteiger partial charge on any atom is 0.123 e. The van der Waals surface area contributed by atoms with E-state index in [2.05, 4.69) is 6.07 Å². The molecule has 96 valence electrons. The molecule has 2 aromatic rings. The van der Waals surface area contributed by atoms with Crippen LogP contribution in [0.5, 0.6) is 0 Å².